The third-order valence-corrected chi connectivity index (χ3v) is 4.64. The summed E-state index contributed by atoms with van der Waals surface area (Å²) in [4.78, 5) is 12.1. The minimum atomic E-state index is -0.398. The van der Waals surface area contributed by atoms with E-state index >= 15 is 0 Å². The summed E-state index contributed by atoms with van der Waals surface area (Å²) in [6.45, 7) is 2.71. The second-order valence-corrected chi connectivity index (χ2v) is 6.25. The van der Waals surface area contributed by atoms with Crippen LogP contribution in [0, 0.1) is 0 Å². The quantitative estimate of drug-likeness (QED) is 0.871. The van der Waals surface area contributed by atoms with Crippen molar-refractivity contribution in [2.75, 3.05) is 0 Å². The fourth-order valence-corrected chi connectivity index (χ4v) is 2.89. The Bertz CT molecular complexity index is 627. The van der Waals surface area contributed by atoms with Gasteiger partial charge < -0.3 is 11.1 Å². The molecule has 1 heterocycles. The number of thiophene rings is 1. The highest BCUT2D eigenvalue weighted by molar-refractivity contribution is 7.10. The molecule has 0 saturated heterocycles. The molecule has 0 aliphatic rings. The second-order valence-electron chi connectivity index (χ2n) is 4.44. The Balaban J connectivity index is 1.98. The van der Waals surface area contributed by atoms with Crippen LogP contribution in [0.25, 0.3) is 0 Å². The van der Waals surface area contributed by atoms with Gasteiger partial charge in [-0.05, 0) is 30.7 Å². The minimum absolute atomic E-state index is 0.129. The van der Waals surface area contributed by atoms with E-state index < -0.39 is 5.91 Å². The topological polar surface area (TPSA) is 55.1 Å². The molecule has 0 fully saturated rings. The smallest absolute Gasteiger partial charge is 0.249 e. The van der Waals surface area contributed by atoms with Gasteiger partial charge in [-0.2, -0.15) is 0 Å². The molecule has 3 nitrogen and oxygen atoms in total. The van der Waals surface area contributed by atoms with Gasteiger partial charge in [0.05, 0.1) is 15.6 Å². The maximum absolute atomic E-state index is 11.0. The van der Waals surface area contributed by atoms with Gasteiger partial charge in [-0.1, -0.05) is 29.3 Å². The van der Waals surface area contributed by atoms with Crippen LogP contribution in [0.3, 0.4) is 0 Å². The fraction of sp³-hybridized carbons (Fsp3) is 0.214. The van der Waals surface area contributed by atoms with Crippen molar-refractivity contribution < 1.29 is 4.79 Å². The SMILES string of the molecule is C[C@H](NCc1cc(C(N)=O)cs1)c1ccc(Cl)c(Cl)c1. The highest BCUT2D eigenvalue weighted by Crippen LogP contribution is 2.26. The van der Waals surface area contributed by atoms with Crippen molar-refractivity contribution in [1.82, 2.24) is 5.32 Å². The van der Waals surface area contributed by atoms with Gasteiger partial charge >= 0.3 is 0 Å². The summed E-state index contributed by atoms with van der Waals surface area (Å²) in [6.07, 6.45) is 0. The minimum Gasteiger partial charge on any atom is -0.366 e. The predicted octanol–water partition coefficient (Wildman–Crippen LogP) is 4.00. The van der Waals surface area contributed by atoms with Crippen LogP contribution in [-0.2, 0) is 6.54 Å². The molecule has 1 atom stereocenters. The average Bonchev–Trinajstić information content (AvgIpc) is 2.88. The Morgan fingerprint density at radius 1 is 1.35 bits per heavy atom. The van der Waals surface area contributed by atoms with Crippen LogP contribution in [0.1, 0.15) is 33.8 Å². The Kier molecular flexibility index (Phi) is 5.05. The van der Waals surface area contributed by atoms with Crippen LogP contribution < -0.4 is 11.1 Å². The average molecular weight is 329 g/mol. The molecule has 0 spiro atoms. The van der Waals surface area contributed by atoms with E-state index in [4.69, 9.17) is 28.9 Å². The number of nitrogens with one attached hydrogen (secondary N) is 1. The Morgan fingerprint density at radius 2 is 2.10 bits per heavy atom. The zero-order chi connectivity index (χ0) is 14.7. The van der Waals surface area contributed by atoms with Crippen molar-refractivity contribution >= 4 is 40.4 Å². The summed E-state index contributed by atoms with van der Waals surface area (Å²) >= 11 is 13.4. The molecule has 0 bridgehead atoms. The van der Waals surface area contributed by atoms with Crippen LogP contribution in [0.2, 0.25) is 10.0 Å². The second kappa shape index (κ2) is 6.59. The summed E-state index contributed by atoms with van der Waals surface area (Å²) in [5.41, 5.74) is 6.84. The van der Waals surface area contributed by atoms with Gasteiger partial charge in [0.2, 0.25) is 5.91 Å². The zero-order valence-corrected chi connectivity index (χ0v) is 13.1. The predicted molar refractivity (Wildman–Crippen MR) is 84.6 cm³/mol. The molecular formula is C14H14Cl2N2OS. The standard InChI is InChI=1S/C14H14Cl2N2OS/c1-8(9-2-3-12(15)13(16)5-9)18-6-11-4-10(7-20-11)14(17)19/h2-5,7-8,18H,6H2,1H3,(H2,17,19)/t8-/m0/s1. The number of rotatable bonds is 5. The van der Waals surface area contributed by atoms with Gasteiger partial charge in [0.15, 0.2) is 0 Å². The first-order valence-electron chi connectivity index (χ1n) is 6.03. The monoisotopic (exact) mass is 328 g/mol. The maximum atomic E-state index is 11.0. The van der Waals surface area contributed by atoms with Crippen LogP contribution in [-0.4, -0.2) is 5.91 Å². The molecule has 1 amide bonds. The largest absolute Gasteiger partial charge is 0.366 e. The third kappa shape index (κ3) is 3.73. The summed E-state index contributed by atoms with van der Waals surface area (Å²) < 4.78 is 0. The highest BCUT2D eigenvalue weighted by Gasteiger charge is 2.09. The van der Waals surface area contributed by atoms with E-state index in [1.54, 1.807) is 11.4 Å². The normalized spacial score (nSPS) is 12.3. The van der Waals surface area contributed by atoms with Gasteiger partial charge in [-0.15, -0.1) is 11.3 Å². The molecule has 2 rings (SSSR count). The van der Waals surface area contributed by atoms with E-state index in [0.717, 1.165) is 10.4 Å². The molecule has 20 heavy (non-hydrogen) atoms. The molecule has 2 aromatic rings. The lowest BCUT2D eigenvalue weighted by molar-refractivity contribution is 0.100. The van der Waals surface area contributed by atoms with Gasteiger partial charge in [0.25, 0.3) is 0 Å². The number of halogens is 2. The molecule has 0 saturated carbocycles. The third-order valence-electron chi connectivity index (χ3n) is 2.96. The molecular weight excluding hydrogens is 315 g/mol. The summed E-state index contributed by atoms with van der Waals surface area (Å²) in [7, 11) is 0. The van der Waals surface area contributed by atoms with E-state index in [0.29, 0.717) is 22.2 Å². The molecule has 0 radical (unpaired) electrons. The van der Waals surface area contributed by atoms with Crippen molar-refractivity contribution in [2.45, 2.75) is 19.5 Å². The Labute approximate surface area is 131 Å². The molecule has 0 aliphatic carbocycles. The van der Waals surface area contributed by atoms with Crippen molar-refractivity contribution in [1.29, 1.82) is 0 Å². The molecule has 0 unspecified atom stereocenters. The number of carbonyl (C=O) groups excluding carboxylic acids is 1. The van der Waals surface area contributed by atoms with Crippen molar-refractivity contribution in [3.05, 3.63) is 55.7 Å². The lowest BCUT2D eigenvalue weighted by Crippen LogP contribution is -2.17. The Morgan fingerprint density at radius 3 is 2.70 bits per heavy atom. The van der Waals surface area contributed by atoms with Crippen LogP contribution >= 0.6 is 34.5 Å². The number of nitrogens with two attached hydrogens (primary N) is 1. The summed E-state index contributed by atoms with van der Waals surface area (Å²) in [5.74, 6) is -0.398. The van der Waals surface area contributed by atoms with Crippen molar-refractivity contribution in [2.24, 2.45) is 5.73 Å². The highest BCUT2D eigenvalue weighted by atomic mass is 35.5. The zero-order valence-electron chi connectivity index (χ0n) is 10.8. The first kappa shape index (κ1) is 15.3. The molecule has 6 heteroatoms. The number of amides is 1. The summed E-state index contributed by atoms with van der Waals surface area (Å²) in [6, 6.07) is 7.51. The molecule has 3 N–H and O–H groups in total. The van der Waals surface area contributed by atoms with Crippen LogP contribution in [0.15, 0.2) is 29.6 Å². The van der Waals surface area contributed by atoms with E-state index in [9.17, 15) is 4.79 Å². The Hall–Kier alpha value is -1.07. The molecule has 106 valence electrons. The maximum Gasteiger partial charge on any atom is 0.249 e. The lowest BCUT2D eigenvalue weighted by atomic mass is 10.1. The molecule has 1 aromatic carbocycles. The lowest BCUT2D eigenvalue weighted by Gasteiger charge is -2.14. The van der Waals surface area contributed by atoms with Crippen molar-refractivity contribution in [3.63, 3.8) is 0 Å². The number of hydrogen-bond acceptors (Lipinski definition) is 3. The van der Waals surface area contributed by atoms with Crippen LogP contribution in [0.4, 0.5) is 0 Å². The first-order valence-corrected chi connectivity index (χ1v) is 7.66. The number of hydrogen-bond donors (Lipinski definition) is 2. The number of carbonyl (C=O) groups is 1. The molecule has 0 aliphatic heterocycles. The van der Waals surface area contributed by atoms with Gasteiger partial charge in [-0.25, -0.2) is 0 Å². The first-order chi connectivity index (χ1) is 9.47. The summed E-state index contributed by atoms with van der Waals surface area (Å²) in [5, 5.41) is 6.23. The molecule has 1 aromatic heterocycles. The fourth-order valence-electron chi connectivity index (χ4n) is 1.76. The van der Waals surface area contributed by atoms with Crippen LogP contribution in [0.5, 0.6) is 0 Å². The van der Waals surface area contributed by atoms with Gasteiger partial charge in [-0.3, -0.25) is 4.79 Å². The van der Waals surface area contributed by atoms with E-state index in [2.05, 4.69) is 5.32 Å². The van der Waals surface area contributed by atoms with E-state index in [1.165, 1.54) is 11.3 Å². The van der Waals surface area contributed by atoms with Crippen molar-refractivity contribution in [3.8, 4) is 0 Å². The number of benzene rings is 1. The van der Waals surface area contributed by atoms with E-state index in [-0.39, 0.29) is 6.04 Å². The van der Waals surface area contributed by atoms with Gasteiger partial charge in [0.1, 0.15) is 0 Å². The van der Waals surface area contributed by atoms with Gasteiger partial charge in [0, 0.05) is 22.8 Å². The van der Waals surface area contributed by atoms with E-state index in [1.807, 2.05) is 25.1 Å². The number of primary amides is 1.